The quantitative estimate of drug-likeness (QED) is 0.394. The van der Waals surface area contributed by atoms with Gasteiger partial charge in [0.15, 0.2) is 5.01 Å². The van der Waals surface area contributed by atoms with Crippen LogP contribution >= 0.6 is 11.3 Å². The molecule has 2 aromatic rings. The van der Waals surface area contributed by atoms with Crippen LogP contribution in [0.15, 0.2) is 12.3 Å². The minimum Gasteiger partial charge on any atom is -0.394 e. The summed E-state index contributed by atoms with van der Waals surface area (Å²) in [6.07, 6.45) is -2.35. The van der Waals surface area contributed by atoms with E-state index in [1.54, 1.807) is 13.8 Å². The number of rotatable bonds is 8. The molecule has 2 aromatic heterocycles. The fourth-order valence-corrected chi connectivity index (χ4v) is 4.84. The number of halogens is 4. The Morgan fingerprint density at radius 3 is 2.45 bits per heavy atom. The second-order valence-electron chi connectivity index (χ2n) is 11.4. The molecule has 0 bridgehead atoms. The fourth-order valence-electron chi connectivity index (χ4n) is 3.86. The average molecular weight is 560 g/mol. The predicted molar refractivity (Wildman–Crippen MR) is 137 cm³/mol. The van der Waals surface area contributed by atoms with Crippen LogP contribution in [0.5, 0.6) is 0 Å². The van der Waals surface area contributed by atoms with Crippen molar-refractivity contribution in [2.45, 2.75) is 71.9 Å². The zero-order valence-corrected chi connectivity index (χ0v) is 23.0. The van der Waals surface area contributed by atoms with Crippen LogP contribution in [-0.4, -0.2) is 69.0 Å². The Balaban J connectivity index is 2.11. The summed E-state index contributed by atoms with van der Waals surface area (Å²) in [7, 11) is 0. The number of carbonyl (C=O) groups is 2. The predicted octanol–water partition coefficient (Wildman–Crippen LogP) is 4.97. The Kier molecular flexibility index (Phi) is 8.42. The maximum atomic E-state index is 14.2. The fraction of sp³-hybridized carbons (Fsp3) is 0.600. The molecule has 1 aliphatic heterocycles. The first-order valence-electron chi connectivity index (χ1n) is 12.1. The van der Waals surface area contributed by atoms with E-state index in [0.29, 0.717) is 17.9 Å². The molecule has 2 amide bonds. The molecular weight excluding hydrogens is 526 g/mol. The van der Waals surface area contributed by atoms with Gasteiger partial charge >= 0.3 is 0 Å². The zero-order chi connectivity index (χ0) is 28.6. The van der Waals surface area contributed by atoms with Gasteiger partial charge in [-0.2, -0.15) is 0 Å². The van der Waals surface area contributed by atoms with E-state index in [0.717, 1.165) is 11.1 Å². The molecule has 8 nitrogen and oxygen atoms in total. The number of anilines is 1. The molecule has 1 aliphatic rings. The Morgan fingerprint density at radius 2 is 1.92 bits per heavy atom. The summed E-state index contributed by atoms with van der Waals surface area (Å²) in [5.74, 6) is -4.54. The highest BCUT2D eigenvalue weighted by molar-refractivity contribution is 7.17. The van der Waals surface area contributed by atoms with Crippen molar-refractivity contribution in [1.82, 2.24) is 20.2 Å². The second kappa shape index (κ2) is 10.8. The van der Waals surface area contributed by atoms with E-state index in [1.165, 1.54) is 13.0 Å². The van der Waals surface area contributed by atoms with Crippen LogP contribution in [0, 0.1) is 5.41 Å². The number of nitrogens with zero attached hydrogens (tertiary/aromatic N) is 3. The molecular formula is C25H33F4N5O3S. The lowest BCUT2D eigenvalue weighted by atomic mass is 9.97. The molecule has 13 heteroatoms. The molecule has 3 heterocycles. The summed E-state index contributed by atoms with van der Waals surface area (Å²) in [4.78, 5) is 35.5. The smallest absolute Gasteiger partial charge is 0.280 e. The van der Waals surface area contributed by atoms with Crippen LogP contribution in [0.4, 0.5) is 23.4 Å². The van der Waals surface area contributed by atoms with Crippen LogP contribution in [-0.2, 0) is 0 Å². The number of carbonyl (C=O) groups excluding carboxylic acids is 2. The largest absolute Gasteiger partial charge is 0.394 e. The van der Waals surface area contributed by atoms with Crippen molar-refractivity contribution in [3.8, 4) is 10.4 Å². The summed E-state index contributed by atoms with van der Waals surface area (Å²) >= 11 is 0.682. The molecule has 0 radical (unpaired) electrons. The van der Waals surface area contributed by atoms with Crippen molar-refractivity contribution in [3.05, 3.63) is 28.5 Å². The Bertz CT molecular complexity index is 1200. The summed E-state index contributed by atoms with van der Waals surface area (Å²) < 4.78 is 56.6. The van der Waals surface area contributed by atoms with Gasteiger partial charge in [-0.3, -0.25) is 9.59 Å². The summed E-state index contributed by atoms with van der Waals surface area (Å²) in [6, 6.07) is 0.343. The molecule has 210 valence electrons. The third kappa shape index (κ3) is 6.99. The molecule has 38 heavy (non-hydrogen) atoms. The molecule has 0 aromatic carbocycles. The number of aliphatic hydroxyl groups excluding tert-OH is 1. The maximum absolute atomic E-state index is 14.2. The van der Waals surface area contributed by atoms with E-state index < -0.39 is 60.9 Å². The van der Waals surface area contributed by atoms with E-state index >= 15 is 0 Å². The lowest BCUT2D eigenvalue weighted by Crippen LogP contribution is -2.46. The SMILES string of the molecule is CC1CC(F)(F)CN1C(=O)c1nc(C(=O)NC(C)(C)CO)sc1-c1cnc(NCC(C)(C)C)cc1C(F)F. The number of hydrogen-bond acceptors (Lipinski definition) is 7. The Morgan fingerprint density at radius 1 is 1.26 bits per heavy atom. The highest BCUT2D eigenvalue weighted by atomic mass is 32.1. The minimum atomic E-state index is -3.10. The number of nitrogens with one attached hydrogen (secondary N) is 2. The van der Waals surface area contributed by atoms with Crippen LogP contribution in [0.2, 0.25) is 0 Å². The first kappa shape index (κ1) is 29.8. The molecule has 1 fully saturated rings. The first-order chi connectivity index (χ1) is 17.4. The molecule has 3 rings (SSSR count). The van der Waals surface area contributed by atoms with Gasteiger partial charge in [-0.15, -0.1) is 11.3 Å². The van der Waals surface area contributed by atoms with Gasteiger partial charge in [0.2, 0.25) is 0 Å². The third-order valence-electron chi connectivity index (χ3n) is 5.88. The highest BCUT2D eigenvalue weighted by Crippen LogP contribution is 2.40. The van der Waals surface area contributed by atoms with Gasteiger partial charge in [-0.1, -0.05) is 20.8 Å². The zero-order valence-electron chi connectivity index (χ0n) is 22.2. The number of pyridine rings is 1. The van der Waals surface area contributed by atoms with Crippen molar-refractivity contribution in [3.63, 3.8) is 0 Å². The normalized spacial score (nSPS) is 17.7. The van der Waals surface area contributed by atoms with Gasteiger partial charge in [0, 0.05) is 36.3 Å². The Hall–Kier alpha value is -2.80. The van der Waals surface area contributed by atoms with Gasteiger partial charge in [0.25, 0.3) is 24.2 Å². The highest BCUT2D eigenvalue weighted by Gasteiger charge is 2.46. The average Bonchev–Trinajstić information content (AvgIpc) is 3.36. The van der Waals surface area contributed by atoms with Crippen molar-refractivity contribution in [1.29, 1.82) is 0 Å². The molecule has 0 spiro atoms. The van der Waals surface area contributed by atoms with E-state index in [2.05, 4.69) is 20.6 Å². The van der Waals surface area contributed by atoms with Crippen molar-refractivity contribution < 1.29 is 32.3 Å². The summed E-state index contributed by atoms with van der Waals surface area (Å²) in [5.41, 5.74) is -2.14. The minimum absolute atomic E-state index is 0.0745. The summed E-state index contributed by atoms with van der Waals surface area (Å²) in [5, 5.41) is 14.8. The van der Waals surface area contributed by atoms with Crippen LogP contribution < -0.4 is 10.6 Å². The van der Waals surface area contributed by atoms with Crippen LogP contribution in [0.3, 0.4) is 0 Å². The molecule has 1 atom stereocenters. The topological polar surface area (TPSA) is 107 Å². The van der Waals surface area contributed by atoms with Crippen molar-refractivity contribution >= 4 is 29.0 Å². The first-order valence-corrected chi connectivity index (χ1v) is 12.9. The van der Waals surface area contributed by atoms with Gasteiger partial charge in [-0.05, 0) is 32.3 Å². The number of likely N-dealkylation sites (tertiary alicyclic amines) is 1. The number of amides is 2. The van der Waals surface area contributed by atoms with Crippen LogP contribution in [0.1, 0.15) is 80.2 Å². The Labute approximate surface area is 222 Å². The van der Waals surface area contributed by atoms with Crippen molar-refractivity contribution in [2.75, 3.05) is 25.0 Å². The van der Waals surface area contributed by atoms with Gasteiger partial charge < -0.3 is 20.6 Å². The van der Waals surface area contributed by atoms with E-state index in [-0.39, 0.29) is 32.4 Å². The number of aliphatic hydroxyl groups is 1. The van der Waals surface area contributed by atoms with E-state index in [4.69, 9.17) is 0 Å². The maximum Gasteiger partial charge on any atom is 0.280 e. The third-order valence-corrected chi connectivity index (χ3v) is 6.96. The van der Waals surface area contributed by atoms with Gasteiger partial charge in [0.05, 0.1) is 23.6 Å². The summed E-state index contributed by atoms with van der Waals surface area (Å²) in [6.45, 7) is 9.68. The molecule has 3 N–H and O–H groups in total. The number of aromatic nitrogens is 2. The van der Waals surface area contributed by atoms with E-state index in [9.17, 15) is 32.3 Å². The molecule has 0 aliphatic carbocycles. The van der Waals surface area contributed by atoms with Crippen LogP contribution in [0.25, 0.3) is 10.4 Å². The second-order valence-corrected chi connectivity index (χ2v) is 12.4. The monoisotopic (exact) mass is 559 g/mol. The number of alkyl halides is 4. The number of thiazole rings is 1. The van der Waals surface area contributed by atoms with Gasteiger partial charge in [-0.25, -0.2) is 27.5 Å². The van der Waals surface area contributed by atoms with Crippen molar-refractivity contribution in [2.24, 2.45) is 5.41 Å². The standard InChI is InChI=1S/C25H33F4N5O3S/c1-13-8-25(28,29)11-34(13)22(37)17-18(38-21(32-17)20(36)33-24(5,6)12-35)15-9-30-16(7-14(15)19(26)27)31-10-23(2,3)4/h7,9,13,19,35H,8,10-12H2,1-6H3,(H,30,31)(H,33,36). The number of hydrogen-bond donors (Lipinski definition) is 3. The molecule has 1 unspecified atom stereocenters. The van der Waals surface area contributed by atoms with E-state index in [1.807, 2.05) is 20.8 Å². The molecule has 1 saturated heterocycles. The van der Waals surface area contributed by atoms with Gasteiger partial charge in [0.1, 0.15) is 11.5 Å². The lowest BCUT2D eigenvalue weighted by Gasteiger charge is -2.22. The lowest BCUT2D eigenvalue weighted by molar-refractivity contribution is 0.0118. The molecule has 0 saturated carbocycles.